The van der Waals surface area contributed by atoms with E-state index >= 15 is 0 Å². The molecule has 0 saturated heterocycles. The molecular formula is C26H38N2O6S3. The number of aromatic nitrogens is 2. The van der Waals surface area contributed by atoms with Crippen LogP contribution in [-0.4, -0.2) is 56.5 Å². The predicted octanol–water partition coefficient (Wildman–Crippen LogP) is 3.08. The first-order valence-electron chi connectivity index (χ1n) is 12.5. The number of aromatic hydroxyl groups is 2. The molecule has 2 aromatic rings. The lowest BCUT2D eigenvalue weighted by Crippen LogP contribution is -2.38. The van der Waals surface area contributed by atoms with E-state index in [4.69, 9.17) is 0 Å². The molecule has 2 aromatic heterocycles. The van der Waals surface area contributed by atoms with Crippen molar-refractivity contribution in [1.82, 2.24) is 9.13 Å². The van der Waals surface area contributed by atoms with Crippen LogP contribution in [0.3, 0.4) is 0 Å². The van der Waals surface area contributed by atoms with Gasteiger partial charge in [0.2, 0.25) is 0 Å². The molecule has 11 heteroatoms. The summed E-state index contributed by atoms with van der Waals surface area (Å²) in [6.07, 6.45) is 2.15. The third-order valence-corrected chi connectivity index (χ3v) is 11.0. The van der Waals surface area contributed by atoms with Gasteiger partial charge in [0, 0.05) is 89.6 Å². The summed E-state index contributed by atoms with van der Waals surface area (Å²) in [7, 11) is -2.47. The average molecular weight is 571 g/mol. The maximum atomic E-state index is 12.7. The lowest BCUT2D eigenvalue weighted by molar-refractivity contribution is 0.278. The highest BCUT2D eigenvalue weighted by Gasteiger charge is 2.30. The first-order chi connectivity index (χ1) is 17.3. The fraction of sp³-hybridized carbons (Fsp3) is 0.615. The fourth-order valence-corrected chi connectivity index (χ4v) is 9.02. The monoisotopic (exact) mass is 570 g/mol. The van der Waals surface area contributed by atoms with Gasteiger partial charge >= 0.3 is 0 Å². The molecule has 0 fully saturated rings. The Morgan fingerprint density at radius 3 is 1.95 bits per heavy atom. The highest BCUT2D eigenvalue weighted by Crippen LogP contribution is 2.37. The first kappa shape index (κ1) is 29.7. The smallest absolute Gasteiger partial charge is 0.254 e. The quantitative estimate of drug-likeness (QED) is 0.403. The molecule has 0 amide bonds. The van der Waals surface area contributed by atoms with Crippen molar-refractivity contribution in [3.05, 3.63) is 50.0 Å². The molecule has 1 aliphatic rings. The minimum absolute atomic E-state index is 0.00150. The van der Waals surface area contributed by atoms with Crippen molar-refractivity contribution in [2.24, 2.45) is 0 Å². The van der Waals surface area contributed by atoms with Crippen molar-refractivity contribution in [2.45, 2.75) is 76.3 Å². The standard InChI is InChI=1S/C26H38N2O6S3/c1-6-18-7-8-21(29)27(23(18)31)25(2,3)10-13-36(33)15-16-37(34)14-11-26(4,5)28-22(30)17-20-19(24(28)32)9-12-35-20/h7-8,17,31-32H,6,9-16H2,1-5H3. The maximum Gasteiger partial charge on any atom is 0.254 e. The van der Waals surface area contributed by atoms with E-state index in [0.717, 1.165) is 22.6 Å². The molecule has 8 nitrogen and oxygen atoms in total. The highest BCUT2D eigenvalue weighted by atomic mass is 32.2. The Morgan fingerprint density at radius 2 is 1.41 bits per heavy atom. The Balaban J connectivity index is 1.54. The van der Waals surface area contributed by atoms with Gasteiger partial charge in [-0.05, 0) is 59.4 Å². The Kier molecular flexibility index (Phi) is 9.56. The van der Waals surface area contributed by atoms with Gasteiger partial charge in [-0.3, -0.25) is 27.1 Å². The summed E-state index contributed by atoms with van der Waals surface area (Å²) in [4.78, 5) is 25.9. The van der Waals surface area contributed by atoms with E-state index in [1.165, 1.54) is 15.2 Å². The van der Waals surface area contributed by atoms with Crippen LogP contribution in [0.4, 0.5) is 0 Å². The zero-order valence-corrected chi connectivity index (χ0v) is 24.7. The zero-order chi connectivity index (χ0) is 27.5. The summed E-state index contributed by atoms with van der Waals surface area (Å²) in [6, 6.07) is 4.64. The summed E-state index contributed by atoms with van der Waals surface area (Å²) >= 11 is 1.57. The van der Waals surface area contributed by atoms with Gasteiger partial charge in [0.25, 0.3) is 11.1 Å². The number of thioether (sulfide) groups is 1. The van der Waals surface area contributed by atoms with Crippen LogP contribution < -0.4 is 11.1 Å². The van der Waals surface area contributed by atoms with Crippen molar-refractivity contribution >= 4 is 33.4 Å². The van der Waals surface area contributed by atoms with E-state index in [0.29, 0.717) is 36.3 Å². The van der Waals surface area contributed by atoms with Crippen LogP contribution in [0, 0.1) is 0 Å². The number of nitrogens with zero attached hydrogens (tertiary/aromatic N) is 2. The Morgan fingerprint density at radius 1 is 0.865 bits per heavy atom. The number of rotatable bonds is 12. The molecule has 2 atom stereocenters. The van der Waals surface area contributed by atoms with Gasteiger partial charge in [0.05, 0.1) is 0 Å². The number of hydrogen-bond donors (Lipinski definition) is 2. The van der Waals surface area contributed by atoms with Gasteiger partial charge in [0.15, 0.2) is 11.8 Å². The largest absolute Gasteiger partial charge is 0.494 e. The van der Waals surface area contributed by atoms with Crippen LogP contribution in [0.1, 0.15) is 58.6 Å². The van der Waals surface area contributed by atoms with Crippen molar-refractivity contribution in [2.75, 3.05) is 28.8 Å². The molecule has 0 bridgehead atoms. The van der Waals surface area contributed by atoms with Crippen molar-refractivity contribution in [3.63, 3.8) is 0 Å². The number of hydrogen-bond acceptors (Lipinski definition) is 7. The van der Waals surface area contributed by atoms with Crippen LogP contribution in [-0.2, 0) is 45.5 Å². The van der Waals surface area contributed by atoms with Gasteiger partial charge in [-0.15, -0.1) is 11.8 Å². The SMILES string of the molecule is CCc1ccc(=O)n(C(C)(C)CCS(=O)CCS(=O)CCC(C)(C)n2c(O)c3c(cc2=O)SCC3)c1O. The Bertz CT molecular complexity index is 1310. The first-order valence-corrected chi connectivity index (χ1v) is 16.5. The van der Waals surface area contributed by atoms with Crippen molar-refractivity contribution < 1.29 is 18.6 Å². The summed E-state index contributed by atoms with van der Waals surface area (Å²) in [6.45, 7) is 9.27. The number of fused-ring (bicyclic) bond motifs is 1. The Labute approximate surface area is 227 Å². The lowest BCUT2D eigenvalue weighted by atomic mass is 10.0. The topological polar surface area (TPSA) is 119 Å². The summed E-state index contributed by atoms with van der Waals surface area (Å²) < 4.78 is 28.2. The van der Waals surface area contributed by atoms with E-state index in [9.17, 15) is 28.2 Å². The molecule has 0 aliphatic carbocycles. The maximum absolute atomic E-state index is 12.7. The van der Waals surface area contributed by atoms with Crippen LogP contribution in [0.25, 0.3) is 0 Å². The van der Waals surface area contributed by atoms with Crippen LogP contribution >= 0.6 is 11.8 Å². The molecule has 1 aliphatic heterocycles. The van der Waals surface area contributed by atoms with E-state index in [-0.39, 0.29) is 34.4 Å². The molecule has 3 rings (SSSR count). The second-order valence-electron chi connectivity index (χ2n) is 10.6. The molecule has 37 heavy (non-hydrogen) atoms. The number of pyridine rings is 2. The van der Waals surface area contributed by atoms with Crippen LogP contribution in [0.2, 0.25) is 0 Å². The molecule has 0 radical (unpaired) electrons. The molecule has 0 aromatic carbocycles. The van der Waals surface area contributed by atoms with Gasteiger partial charge in [0.1, 0.15) is 0 Å². The molecular weight excluding hydrogens is 532 g/mol. The summed E-state index contributed by atoms with van der Waals surface area (Å²) in [5, 5.41) is 21.3. The molecule has 0 saturated carbocycles. The zero-order valence-electron chi connectivity index (χ0n) is 22.2. The average Bonchev–Trinajstić information content (AvgIpc) is 3.29. The van der Waals surface area contributed by atoms with E-state index in [1.807, 2.05) is 34.6 Å². The summed E-state index contributed by atoms with van der Waals surface area (Å²) in [5.41, 5.74) is -0.531. The van der Waals surface area contributed by atoms with Gasteiger partial charge in [-0.2, -0.15) is 0 Å². The second kappa shape index (κ2) is 11.9. The molecule has 206 valence electrons. The third kappa shape index (κ3) is 6.78. The van der Waals surface area contributed by atoms with Crippen LogP contribution in [0.5, 0.6) is 11.8 Å². The van der Waals surface area contributed by atoms with Crippen molar-refractivity contribution in [3.8, 4) is 11.8 Å². The van der Waals surface area contributed by atoms with E-state index < -0.39 is 32.7 Å². The highest BCUT2D eigenvalue weighted by molar-refractivity contribution is 7.99. The third-order valence-electron chi connectivity index (χ3n) is 7.02. The van der Waals surface area contributed by atoms with Crippen molar-refractivity contribution in [1.29, 1.82) is 0 Å². The molecule has 3 heterocycles. The lowest BCUT2D eigenvalue weighted by Gasteiger charge is -2.29. The fourth-order valence-electron chi connectivity index (χ4n) is 4.60. The van der Waals surface area contributed by atoms with Gasteiger partial charge < -0.3 is 10.2 Å². The molecule has 2 N–H and O–H groups in total. The summed E-state index contributed by atoms with van der Waals surface area (Å²) in [5.74, 6) is 1.95. The normalized spacial score (nSPS) is 15.5. The Hall–Kier alpha value is -1.85. The number of aryl methyl sites for hydroxylation is 1. The minimum atomic E-state index is -1.24. The second-order valence-corrected chi connectivity index (χ2v) is 15.1. The molecule has 0 spiro atoms. The molecule has 2 unspecified atom stereocenters. The van der Waals surface area contributed by atoms with Crippen LogP contribution in [0.15, 0.2) is 32.7 Å². The van der Waals surface area contributed by atoms with E-state index in [1.54, 1.807) is 23.9 Å². The van der Waals surface area contributed by atoms with Gasteiger partial charge in [-0.25, -0.2) is 0 Å². The van der Waals surface area contributed by atoms with E-state index in [2.05, 4.69) is 0 Å². The minimum Gasteiger partial charge on any atom is -0.494 e. The van der Waals surface area contributed by atoms with Gasteiger partial charge in [-0.1, -0.05) is 6.92 Å². The predicted molar refractivity (Wildman–Crippen MR) is 152 cm³/mol.